The molecule has 1 aromatic rings. The molecule has 0 aliphatic carbocycles. The van der Waals surface area contributed by atoms with Crippen molar-refractivity contribution in [2.75, 3.05) is 17.2 Å². The number of anilines is 2. The van der Waals surface area contributed by atoms with E-state index in [0.717, 1.165) is 22.9 Å². The van der Waals surface area contributed by atoms with Crippen molar-refractivity contribution in [3.8, 4) is 0 Å². The van der Waals surface area contributed by atoms with E-state index in [4.69, 9.17) is 17.3 Å². The zero-order valence-electron chi connectivity index (χ0n) is 9.04. The third-order valence-corrected chi connectivity index (χ3v) is 3.39. The maximum atomic E-state index is 6.21. The summed E-state index contributed by atoms with van der Waals surface area (Å²) < 4.78 is 0. The van der Waals surface area contributed by atoms with Crippen molar-refractivity contribution in [1.82, 2.24) is 0 Å². The van der Waals surface area contributed by atoms with Gasteiger partial charge >= 0.3 is 0 Å². The van der Waals surface area contributed by atoms with Gasteiger partial charge in [0.1, 0.15) is 0 Å². The molecule has 2 N–H and O–H groups in total. The van der Waals surface area contributed by atoms with Gasteiger partial charge in [-0.25, -0.2) is 0 Å². The fourth-order valence-electron chi connectivity index (χ4n) is 2.21. The maximum Gasteiger partial charge on any atom is 0.0660 e. The van der Waals surface area contributed by atoms with Crippen molar-refractivity contribution in [3.05, 3.63) is 23.2 Å². The maximum absolute atomic E-state index is 6.21. The lowest BCUT2D eigenvalue weighted by atomic mass is 10.0. The highest BCUT2D eigenvalue weighted by molar-refractivity contribution is 6.33. The lowest BCUT2D eigenvalue weighted by Crippen LogP contribution is -2.37. The molecule has 1 aliphatic heterocycles. The Bertz CT molecular complexity index is 351. The Kier molecular flexibility index (Phi) is 3.06. The lowest BCUT2D eigenvalue weighted by Gasteiger charge is -2.36. The molecule has 82 valence electrons. The molecule has 1 heterocycles. The largest absolute Gasteiger partial charge is 0.399 e. The van der Waals surface area contributed by atoms with Crippen LogP contribution in [0.5, 0.6) is 0 Å². The Morgan fingerprint density at radius 3 is 2.87 bits per heavy atom. The zero-order valence-corrected chi connectivity index (χ0v) is 9.80. The molecule has 0 bridgehead atoms. The van der Waals surface area contributed by atoms with Crippen molar-refractivity contribution < 1.29 is 0 Å². The zero-order chi connectivity index (χ0) is 10.8. The molecule has 3 heteroatoms. The molecule has 1 atom stereocenters. The summed E-state index contributed by atoms with van der Waals surface area (Å²) in [5.74, 6) is 0. The summed E-state index contributed by atoms with van der Waals surface area (Å²) >= 11 is 6.21. The van der Waals surface area contributed by atoms with Crippen molar-refractivity contribution in [2.24, 2.45) is 0 Å². The van der Waals surface area contributed by atoms with Crippen molar-refractivity contribution in [2.45, 2.75) is 32.2 Å². The summed E-state index contributed by atoms with van der Waals surface area (Å²) in [7, 11) is 0. The molecule has 2 nitrogen and oxygen atoms in total. The summed E-state index contributed by atoms with van der Waals surface area (Å²) in [6.45, 7) is 3.36. The molecule has 1 aromatic carbocycles. The topological polar surface area (TPSA) is 29.3 Å². The summed E-state index contributed by atoms with van der Waals surface area (Å²) in [5, 5.41) is 0.767. The first kappa shape index (κ1) is 10.6. The predicted octanol–water partition coefficient (Wildman–Crippen LogP) is 3.30. The van der Waals surface area contributed by atoms with Crippen LogP contribution < -0.4 is 10.6 Å². The number of nitrogen functional groups attached to an aromatic ring is 1. The quantitative estimate of drug-likeness (QED) is 0.742. The molecule has 0 saturated carbocycles. The number of hydrogen-bond donors (Lipinski definition) is 1. The van der Waals surface area contributed by atoms with E-state index in [1.807, 2.05) is 18.2 Å². The first-order valence-electron chi connectivity index (χ1n) is 5.50. The second-order valence-corrected chi connectivity index (χ2v) is 4.66. The molecule has 0 spiro atoms. The van der Waals surface area contributed by atoms with Gasteiger partial charge in [-0.1, -0.05) is 11.6 Å². The van der Waals surface area contributed by atoms with Crippen LogP contribution in [0.1, 0.15) is 26.2 Å². The van der Waals surface area contributed by atoms with Crippen LogP contribution in [0.25, 0.3) is 0 Å². The average Bonchev–Trinajstić information content (AvgIpc) is 2.20. The predicted molar refractivity (Wildman–Crippen MR) is 66.5 cm³/mol. The normalized spacial score (nSPS) is 21.7. The third kappa shape index (κ3) is 2.20. The van der Waals surface area contributed by atoms with Gasteiger partial charge in [-0.15, -0.1) is 0 Å². The molecular weight excluding hydrogens is 208 g/mol. The number of piperidine rings is 1. The van der Waals surface area contributed by atoms with E-state index in [2.05, 4.69) is 11.8 Å². The van der Waals surface area contributed by atoms with Gasteiger partial charge in [-0.2, -0.15) is 0 Å². The van der Waals surface area contributed by atoms with Crippen LogP contribution in [-0.2, 0) is 0 Å². The smallest absolute Gasteiger partial charge is 0.0660 e. The fraction of sp³-hybridized carbons (Fsp3) is 0.500. The van der Waals surface area contributed by atoms with Crippen LogP contribution in [0.2, 0.25) is 5.02 Å². The minimum Gasteiger partial charge on any atom is -0.399 e. The van der Waals surface area contributed by atoms with Gasteiger partial charge in [0.25, 0.3) is 0 Å². The molecule has 1 aliphatic rings. The number of nitrogens with two attached hydrogens (primary N) is 1. The van der Waals surface area contributed by atoms with Crippen molar-refractivity contribution in [3.63, 3.8) is 0 Å². The van der Waals surface area contributed by atoms with Gasteiger partial charge in [0.05, 0.1) is 10.7 Å². The van der Waals surface area contributed by atoms with E-state index < -0.39 is 0 Å². The number of hydrogen-bond acceptors (Lipinski definition) is 2. The van der Waals surface area contributed by atoms with Crippen LogP contribution in [0.4, 0.5) is 11.4 Å². The minimum absolute atomic E-state index is 0.583. The molecule has 0 radical (unpaired) electrons. The highest BCUT2D eigenvalue weighted by Gasteiger charge is 2.20. The lowest BCUT2D eigenvalue weighted by molar-refractivity contribution is 0.485. The second-order valence-electron chi connectivity index (χ2n) is 4.25. The van der Waals surface area contributed by atoms with Gasteiger partial charge in [0.15, 0.2) is 0 Å². The summed E-state index contributed by atoms with van der Waals surface area (Å²) in [6, 6.07) is 6.36. The minimum atomic E-state index is 0.583. The van der Waals surface area contributed by atoms with Crippen LogP contribution in [0.15, 0.2) is 18.2 Å². The molecule has 0 amide bonds. The van der Waals surface area contributed by atoms with Crippen LogP contribution >= 0.6 is 11.6 Å². The fourth-order valence-corrected chi connectivity index (χ4v) is 2.51. The summed E-state index contributed by atoms with van der Waals surface area (Å²) in [6.07, 6.45) is 3.83. The Morgan fingerprint density at radius 1 is 1.40 bits per heavy atom. The van der Waals surface area contributed by atoms with Gasteiger partial charge in [-0.3, -0.25) is 0 Å². The number of rotatable bonds is 1. The second kappa shape index (κ2) is 4.31. The summed E-state index contributed by atoms with van der Waals surface area (Å²) in [5.41, 5.74) is 7.54. The van der Waals surface area contributed by atoms with Gasteiger partial charge < -0.3 is 10.6 Å². The molecule has 2 rings (SSSR count). The van der Waals surface area contributed by atoms with E-state index in [1.165, 1.54) is 19.3 Å². The number of nitrogens with zero attached hydrogens (tertiary/aromatic N) is 1. The summed E-state index contributed by atoms with van der Waals surface area (Å²) in [4.78, 5) is 2.38. The Morgan fingerprint density at radius 2 is 2.20 bits per heavy atom. The van der Waals surface area contributed by atoms with E-state index in [9.17, 15) is 0 Å². The SMILES string of the molecule is C[C@@H]1CCCCN1c1ccc(N)cc1Cl. The van der Waals surface area contributed by atoms with Gasteiger partial charge in [0.2, 0.25) is 0 Å². The van der Waals surface area contributed by atoms with Crippen molar-refractivity contribution in [1.29, 1.82) is 0 Å². The van der Waals surface area contributed by atoms with Gasteiger partial charge in [-0.05, 0) is 44.4 Å². The Balaban J connectivity index is 2.27. The van der Waals surface area contributed by atoms with E-state index in [0.29, 0.717) is 6.04 Å². The standard InChI is InChI=1S/C12H17ClN2/c1-9-4-2-3-7-15(9)12-6-5-10(14)8-11(12)13/h5-6,8-9H,2-4,7,14H2,1H3/t9-/m1/s1. The molecule has 0 aromatic heterocycles. The van der Waals surface area contributed by atoms with E-state index in [1.54, 1.807) is 0 Å². The third-order valence-electron chi connectivity index (χ3n) is 3.08. The number of halogens is 1. The van der Waals surface area contributed by atoms with Crippen LogP contribution in [0, 0.1) is 0 Å². The van der Waals surface area contributed by atoms with Crippen LogP contribution in [-0.4, -0.2) is 12.6 Å². The first-order valence-corrected chi connectivity index (χ1v) is 5.88. The van der Waals surface area contributed by atoms with Crippen LogP contribution in [0.3, 0.4) is 0 Å². The average molecular weight is 225 g/mol. The molecule has 15 heavy (non-hydrogen) atoms. The molecular formula is C12H17ClN2. The monoisotopic (exact) mass is 224 g/mol. The van der Waals surface area contributed by atoms with Crippen molar-refractivity contribution >= 4 is 23.0 Å². The van der Waals surface area contributed by atoms with Gasteiger partial charge in [0, 0.05) is 18.3 Å². The first-order chi connectivity index (χ1) is 7.18. The van der Waals surface area contributed by atoms with E-state index >= 15 is 0 Å². The Hall–Kier alpha value is -0.890. The highest BCUT2D eigenvalue weighted by Crippen LogP contribution is 2.32. The molecule has 0 unspecified atom stereocenters. The molecule has 1 fully saturated rings. The Labute approximate surface area is 96.0 Å². The highest BCUT2D eigenvalue weighted by atomic mass is 35.5. The number of benzene rings is 1. The molecule has 1 saturated heterocycles. The van der Waals surface area contributed by atoms with E-state index in [-0.39, 0.29) is 0 Å².